The zero-order valence-electron chi connectivity index (χ0n) is 11.6. The van der Waals surface area contributed by atoms with Crippen molar-refractivity contribution in [1.82, 2.24) is 4.72 Å². The van der Waals surface area contributed by atoms with Crippen LogP contribution in [0.4, 0.5) is 0 Å². The summed E-state index contributed by atoms with van der Waals surface area (Å²) in [5, 5.41) is 9.50. The first-order valence-electron chi connectivity index (χ1n) is 6.81. The van der Waals surface area contributed by atoms with Crippen molar-refractivity contribution in [1.29, 1.82) is 0 Å². The molecule has 2 rings (SSSR count). The molecule has 0 fully saturated rings. The van der Waals surface area contributed by atoms with Crippen LogP contribution in [0.15, 0.2) is 23.1 Å². The van der Waals surface area contributed by atoms with Crippen LogP contribution in [0.5, 0.6) is 0 Å². The third-order valence-corrected chi connectivity index (χ3v) is 4.92. The van der Waals surface area contributed by atoms with Crippen molar-refractivity contribution in [2.75, 3.05) is 20.3 Å². The van der Waals surface area contributed by atoms with Crippen molar-refractivity contribution in [3.8, 4) is 0 Å². The molecule has 0 radical (unpaired) electrons. The summed E-state index contributed by atoms with van der Waals surface area (Å²) in [7, 11) is -2.11. The average Bonchev–Trinajstić information content (AvgIpc) is 2.45. The minimum atomic E-state index is -3.57. The SMILES string of the molecule is COCC(O)CNS(=O)(=O)c1ccc2c(c1)CCCC2. The number of hydrogen-bond acceptors (Lipinski definition) is 4. The summed E-state index contributed by atoms with van der Waals surface area (Å²) in [4.78, 5) is 0.266. The Morgan fingerprint density at radius 3 is 2.70 bits per heavy atom. The van der Waals surface area contributed by atoms with Crippen LogP contribution in [0, 0.1) is 0 Å². The maximum atomic E-state index is 12.2. The largest absolute Gasteiger partial charge is 0.389 e. The number of sulfonamides is 1. The fourth-order valence-electron chi connectivity index (χ4n) is 2.42. The highest BCUT2D eigenvalue weighted by Crippen LogP contribution is 2.23. The Balaban J connectivity index is 2.09. The van der Waals surface area contributed by atoms with Gasteiger partial charge in [-0.3, -0.25) is 0 Å². The van der Waals surface area contributed by atoms with Gasteiger partial charge in [-0.25, -0.2) is 13.1 Å². The lowest BCUT2D eigenvalue weighted by atomic mass is 9.92. The van der Waals surface area contributed by atoms with E-state index >= 15 is 0 Å². The van der Waals surface area contributed by atoms with Gasteiger partial charge in [0.15, 0.2) is 0 Å². The molecule has 0 bridgehead atoms. The molecule has 0 heterocycles. The number of hydrogen-bond donors (Lipinski definition) is 2. The predicted molar refractivity (Wildman–Crippen MR) is 76.2 cm³/mol. The van der Waals surface area contributed by atoms with E-state index in [1.165, 1.54) is 19.1 Å². The van der Waals surface area contributed by atoms with Crippen LogP contribution in [0.25, 0.3) is 0 Å². The standard InChI is InChI=1S/C14H21NO4S/c1-19-10-13(16)9-15-20(17,18)14-7-6-11-4-2-3-5-12(11)8-14/h6-8,13,15-16H,2-5,9-10H2,1H3. The van der Waals surface area contributed by atoms with Crippen molar-refractivity contribution in [3.63, 3.8) is 0 Å². The lowest BCUT2D eigenvalue weighted by Crippen LogP contribution is -2.34. The molecule has 20 heavy (non-hydrogen) atoms. The van der Waals surface area contributed by atoms with Gasteiger partial charge in [-0.2, -0.15) is 0 Å². The second kappa shape index (κ2) is 6.67. The summed E-state index contributed by atoms with van der Waals surface area (Å²) in [6.07, 6.45) is 3.39. The summed E-state index contributed by atoms with van der Waals surface area (Å²) in [6, 6.07) is 5.28. The van der Waals surface area contributed by atoms with Gasteiger partial charge in [-0.1, -0.05) is 6.07 Å². The quantitative estimate of drug-likeness (QED) is 0.816. The Morgan fingerprint density at radius 1 is 1.30 bits per heavy atom. The van der Waals surface area contributed by atoms with E-state index in [-0.39, 0.29) is 18.0 Å². The van der Waals surface area contributed by atoms with Gasteiger partial charge in [0.2, 0.25) is 10.0 Å². The van der Waals surface area contributed by atoms with Gasteiger partial charge in [0, 0.05) is 13.7 Å². The highest BCUT2D eigenvalue weighted by molar-refractivity contribution is 7.89. The van der Waals surface area contributed by atoms with Gasteiger partial charge in [-0.05, 0) is 48.9 Å². The van der Waals surface area contributed by atoms with Crippen LogP contribution in [0.2, 0.25) is 0 Å². The average molecular weight is 299 g/mol. The Labute approximate surface area is 120 Å². The summed E-state index contributed by atoms with van der Waals surface area (Å²) < 4.78 is 31.5. The first-order chi connectivity index (χ1) is 9.53. The molecule has 0 aliphatic heterocycles. The van der Waals surface area contributed by atoms with Crippen LogP contribution < -0.4 is 4.72 Å². The molecule has 2 N–H and O–H groups in total. The normalized spacial score (nSPS) is 16.7. The third-order valence-electron chi connectivity index (χ3n) is 3.50. The van der Waals surface area contributed by atoms with Crippen molar-refractivity contribution in [2.45, 2.75) is 36.7 Å². The molecule has 1 aromatic rings. The Morgan fingerprint density at radius 2 is 2.00 bits per heavy atom. The van der Waals surface area contributed by atoms with Gasteiger partial charge >= 0.3 is 0 Å². The first-order valence-corrected chi connectivity index (χ1v) is 8.30. The molecular formula is C14H21NO4S. The number of nitrogens with one attached hydrogen (secondary N) is 1. The molecule has 5 nitrogen and oxygen atoms in total. The summed E-state index contributed by atoms with van der Waals surface area (Å²) in [6.45, 7) is 0.0555. The number of methoxy groups -OCH3 is 1. The van der Waals surface area contributed by atoms with Crippen molar-refractivity contribution >= 4 is 10.0 Å². The zero-order chi connectivity index (χ0) is 14.6. The topological polar surface area (TPSA) is 75.6 Å². The molecule has 112 valence electrons. The van der Waals surface area contributed by atoms with E-state index < -0.39 is 16.1 Å². The molecule has 0 saturated carbocycles. The number of aryl methyl sites for hydroxylation is 2. The Kier molecular flexibility index (Phi) is 5.15. The van der Waals surface area contributed by atoms with E-state index in [1.807, 2.05) is 6.07 Å². The maximum Gasteiger partial charge on any atom is 0.240 e. The lowest BCUT2D eigenvalue weighted by molar-refractivity contribution is 0.0679. The molecule has 0 aromatic heterocycles. The van der Waals surface area contributed by atoms with E-state index in [4.69, 9.17) is 4.74 Å². The van der Waals surface area contributed by atoms with Gasteiger partial charge in [-0.15, -0.1) is 0 Å². The summed E-state index contributed by atoms with van der Waals surface area (Å²) in [5.74, 6) is 0. The molecule has 1 aliphatic rings. The van der Waals surface area contributed by atoms with Crippen LogP contribution in [-0.2, 0) is 27.6 Å². The van der Waals surface area contributed by atoms with E-state index in [0.29, 0.717) is 0 Å². The molecule has 0 saturated heterocycles. The number of aliphatic hydroxyl groups is 1. The predicted octanol–water partition coefficient (Wildman–Crippen LogP) is 0.851. The van der Waals surface area contributed by atoms with E-state index in [0.717, 1.165) is 24.8 Å². The number of rotatable bonds is 6. The highest BCUT2D eigenvalue weighted by Gasteiger charge is 2.18. The minimum absolute atomic E-state index is 0.0484. The third kappa shape index (κ3) is 3.79. The van der Waals surface area contributed by atoms with Crippen LogP contribution >= 0.6 is 0 Å². The molecule has 1 aromatic carbocycles. The number of benzene rings is 1. The first kappa shape index (κ1) is 15.4. The molecule has 6 heteroatoms. The fraction of sp³-hybridized carbons (Fsp3) is 0.571. The van der Waals surface area contributed by atoms with Crippen LogP contribution in [-0.4, -0.2) is 39.9 Å². The van der Waals surface area contributed by atoms with E-state index in [9.17, 15) is 13.5 Å². The zero-order valence-corrected chi connectivity index (χ0v) is 12.4. The molecule has 1 atom stereocenters. The Bertz CT molecular complexity index is 556. The van der Waals surface area contributed by atoms with E-state index in [2.05, 4.69) is 4.72 Å². The maximum absolute atomic E-state index is 12.2. The highest BCUT2D eigenvalue weighted by atomic mass is 32.2. The second-order valence-corrected chi connectivity index (χ2v) is 6.87. The second-order valence-electron chi connectivity index (χ2n) is 5.10. The molecule has 0 amide bonds. The lowest BCUT2D eigenvalue weighted by Gasteiger charge is -2.17. The molecule has 0 spiro atoms. The Hall–Kier alpha value is -0.950. The minimum Gasteiger partial charge on any atom is -0.389 e. The summed E-state index contributed by atoms with van der Waals surface area (Å²) >= 11 is 0. The van der Waals surface area contributed by atoms with E-state index in [1.54, 1.807) is 12.1 Å². The summed E-state index contributed by atoms with van der Waals surface area (Å²) in [5.41, 5.74) is 2.37. The number of aliphatic hydroxyl groups excluding tert-OH is 1. The molecule has 1 aliphatic carbocycles. The van der Waals surface area contributed by atoms with Gasteiger partial charge < -0.3 is 9.84 Å². The monoisotopic (exact) mass is 299 g/mol. The fourth-order valence-corrected chi connectivity index (χ4v) is 3.54. The van der Waals surface area contributed by atoms with Crippen molar-refractivity contribution in [2.24, 2.45) is 0 Å². The van der Waals surface area contributed by atoms with Crippen LogP contribution in [0.3, 0.4) is 0 Å². The molecular weight excluding hydrogens is 278 g/mol. The molecule has 1 unspecified atom stereocenters. The number of fused-ring (bicyclic) bond motifs is 1. The number of ether oxygens (including phenoxy) is 1. The van der Waals surface area contributed by atoms with Crippen molar-refractivity contribution in [3.05, 3.63) is 29.3 Å². The smallest absolute Gasteiger partial charge is 0.240 e. The van der Waals surface area contributed by atoms with Crippen molar-refractivity contribution < 1.29 is 18.3 Å². The van der Waals surface area contributed by atoms with Gasteiger partial charge in [0.05, 0.1) is 17.6 Å². The van der Waals surface area contributed by atoms with Gasteiger partial charge in [0.1, 0.15) is 0 Å². The van der Waals surface area contributed by atoms with Crippen LogP contribution in [0.1, 0.15) is 24.0 Å². The van der Waals surface area contributed by atoms with Gasteiger partial charge in [0.25, 0.3) is 0 Å².